The number of hydrogen-bond donors (Lipinski definition) is 1. The predicted molar refractivity (Wildman–Crippen MR) is 102 cm³/mol. The molecule has 0 atom stereocenters. The van der Waals surface area contributed by atoms with E-state index in [-0.39, 0.29) is 11.3 Å². The third kappa shape index (κ3) is 3.83. The highest BCUT2D eigenvalue weighted by molar-refractivity contribution is 7.12. The van der Waals surface area contributed by atoms with Crippen molar-refractivity contribution < 1.29 is 27.5 Å². The van der Waals surface area contributed by atoms with Gasteiger partial charge in [0.25, 0.3) is 0 Å². The lowest BCUT2D eigenvalue weighted by Crippen LogP contribution is -2.08. The van der Waals surface area contributed by atoms with Crippen molar-refractivity contribution in [1.82, 2.24) is 14.8 Å². The van der Waals surface area contributed by atoms with E-state index in [0.29, 0.717) is 29.6 Å². The molecule has 0 spiro atoms. The van der Waals surface area contributed by atoms with Gasteiger partial charge in [-0.15, -0.1) is 11.3 Å². The minimum absolute atomic E-state index is 0.122. The number of hydrogen-bond acceptors (Lipinski definition) is 4. The number of carboxylic acids is 1. The minimum atomic E-state index is -4.82. The van der Waals surface area contributed by atoms with Crippen LogP contribution in [0, 0.1) is 11.7 Å². The Morgan fingerprint density at radius 1 is 1.33 bits per heavy atom. The number of aromatic carboxylic acids is 1. The summed E-state index contributed by atoms with van der Waals surface area (Å²) < 4.78 is 54.9. The zero-order valence-electron chi connectivity index (χ0n) is 15.8. The van der Waals surface area contributed by atoms with Gasteiger partial charge in [0.15, 0.2) is 5.69 Å². The number of aromatic nitrogens is 3. The molecule has 1 aromatic carbocycles. The highest BCUT2D eigenvalue weighted by Crippen LogP contribution is 2.39. The fraction of sp³-hybridized carbons (Fsp3) is 0.350. The lowest BCUT2D eigenvalue weighted by Gasteiger charge is -2.10. The summed E-state index contributed by atoms with van der Waals surface area (Å²) in [7, 11) is 0. The monoisotopic (exact) mass is 439 g/mol. The van der Waals surface area contributed by atoms with Crippen LogP contribution in [0.15, 0.2) is 23.6 Å². The van der Waals surface area contributed by atoms with Crippen LogP contribution in [-0.4, -0.2) is 25.8 Å². The molecule has 0 saturated heterocycles. The second-order valence-electron chi connectivity index (χ2n) is 7.20. The topological polar surface area (TPSA) is 68.0 Å². The summed E-state index contributed by atoms with van der Waals surface area (Å²) in [4.78, 5) is 15.3. The van der Waals surface area contributed by atoms with Crippen LogP contribution in [-0.2, 0) is 19.0 Å². The maximum absolute atomic E-state index is 13.8. The Morgan fingerprint density at radius 3 is 2.63 bits per heavy atom. The number of rotatable bonds is 6. The lowest BCUT2D eigenvalue weighted by atomic mass is 9.99. The molecule has 2 aromatic heterocycles. The van der Waals surface area contributed by atoms with Crippen LogP contribution >= 0.6 is 11.3 Å². The van der Waals surface area contributed by atoms with Gasteiger partial charge in [-0.25, -0.2) is 18.9 Å². The number of carboxylic acid groups (broad SMARTS) is 1. The zero-order valence-corrected chi connectivity index (χ0v) is 16.6. The van der Waals surface area contributed by atoms with E-state index in [4.69, 9.17) is 5.11 Å². The van der Waals surface area contributed by atoms with E-state index in [1.54, 1.807) is 0 Å². The smallest absolute Gasteiger partial charge is 0.419 e. The van der Waals surface area contributed by atoms with E-state index in [2.05, 4.69) is 10.1 Å². The fourth-order valence-electron chi connectivity index (χ4n) is 3.40. The molecule has 4 rings (SSSR count). The molecule has 2 heterocycles. The van der Waals surface area contributed by atoms with E-state index < -0.39 is 23.5 Å². The van der Waals surface area contributed by atoms with Gasteiger partial charge in [0, 0.05) is 16.5 Å². The summed E-state index contributed by atoms with van der Waals surface area (Å²) in [6, 6.07) is 2.84. The van der Waals surface area contributed by atoms with Crippen LogP contribution in [0.3, 0.4) is 0 Å². The van der Waals surface area contributed by atoms with Gasteiger partial charge in [0.2, 0.25) is 5.13 Å². The van der Waals surface area contributed by atoms with E-state index >= 15 is 0 Å². The minimum Gasteiger partial charge on any atom is -0.476 e. The van der Waals surface area contributed by atoms with Crippen molar-refractivity contribution in [3.05, 3.63) is 51.9 Å². The number of nitrogens with zero attached hydrogens (tertiary/aromatic N) is 3. The Bertz CT molecular complexity index is 1120. The summed E-state index contributed by atoms with van der Waals surface area (Å²) in [5, 5.41) is 15.4. The molecule has 0 bridgehead atoms. The number of halogens is 4. The summed E-state index contributed by atoms with van der Waals surface area (Å²) in [5.74, 6) is -2.05. The van der Waals surface area contributed by atoms with Crippen molar-refractivity contribution in [1.29, 1.82) is 0 Å². The van der Waals surface area contributed by atoms with Crippen molar-refractivity contribution in [2.45, 2.75) is 38.8 Å². The van der Waals surface area contributed by atoms with Gasteiger partial charge in [-0.3, -0.25) is 0 Å². The molecule has 3 aromatic rings. The molecule has 0 radical (unpaired) electrons. The maximum Gasteiger partial charge on any atom is 0.419 e. The van der Waals surface area contributed by atoms with Crippen LogP contribution in [0.2, 0.25) is 0 Å². The Morgan fingerprint density at radius 2 is 2.07 bits per heavy atom. The van der Waals surface area contributed by atoms with E-state index in [0.717, 1.165) is 47.6 Å². The van der Waals surface area contributed by atoms with Crippen LogP contribution in [0.4, 0.5) is 17.6 Å². The molecule has 1 saturated carbocycles. The average molecular weight is 439 g/mol. The maximum atomic E-state index is 13.8. The van der Waals surface area contributed by atoms with Crippen molar-refractivity contribution in [3.63, 3.8) is 0 Å². The number of alkyl halides is 3. The molecule has 1 fully saturated rings. The third-order valence-corrected chi connectivity index (χ3v) is 5.88. The molecule has 1 N–H and O–H groups in total. The second-order valence-corrected chi connectivity index (χ2v) is 8.04. The van der Waals surface area contributed by atoms with Gasteiger partial charge in [-0.1, -0.05) is 6.92 Å². The Hall–Kier alpha value is -2.75. The van der Waals surface area contributed by atoms with Gasteiger partial charge in [-0.2, -0.15) is 18.3 Å². The molecule has 1 aliphatic rings. The fourth-order valence-corrected chi connectivity index (χ4v) is 4.17. The second kappa shape index (κ2) is 7.50. The van der Waals surface area contributed by atoms with Crippen LogP contribution in [0.25, 0.3) is 16.4 Å². The quantitative estimate of drug-likeness (QED) is 0.525. The van der Waals surface area contributed by atoms with Crippen molar-refractivity contribution in [2.24, 2.45) is 5.92 Å². The molecule has 0 amide bonds. The van der Waals surface area contributed by atoms with Gasteiger partial charge in [-0.05, 0) is 49.8 Å². The Balaban J connectivity index is 1.88. The normalized spacial score (nSPS) is 14.3. The summed E-state index contributed by atoms with van der Waals surface area (Å²) in [6.07, 6.45) is -1.54. The molecule has 158 valence electrons. The average Bonchev–Trinajstić information content (AvgIpc) is 3.22. The van der Waals surface area contributed by atoms with Crippen molar-refractivity contribution in [2.75, 3.05) is 0 Å². The first-order chi connectivity index (χ1) is 14.2. The largest absolute Gasteiger partial charge is 0.476 e. The van der Waals surface area contributed by atoms with E-state index in [1.165, 1.54) is 16.1 Å². The Labute approximate surface area is 173 Å². The molecule has 5 nitrogen and oxygen atoms in total. The molecule has 30 heavy (non-hydrogen) atoms. The van der Waals surface area contributed by atoms with Gasteiger partial charge in [0.1, 0.15) is 5.82 Å². The molecular weight excluding hydrogens is 422 g/mol. The molecular formula is C20H17F4N3O2S. The summed E-state index contributed by atoms with van der Waals surface area (Å²) in [5.41, 5.74) is 0.580. The molecule has 0 unspecified atom stereocenters. The number of thiazole rings is 1. The zero-order chi connectivity index (χ0) is 21.6. The van der Waals surface area contributed by atoms with Crippen LogP contribution in [0.1, 0.15) is 47.1 Å². The van der Waals surface area contributed by atoms with Gasteiger partial charge in [0.05, 0.1) is 17.0 Å². The SMILES string of the molecule is CCc1c(-c2ccc(F)c(C(F)(F)F)c2)nn(-c2nc(C(=O)O)cs2)c1CC1CC1. The van der Waals surface area contributed by atoms with Crippen molar-refractivity contribution in [3.8, 4) is 16.4 Å². The summed E-state index contributed by atoms with van der Waals surface area (Å²) >= 11 is 1.10. The van der Waals surface area contributed by atoms with E-state index in [9.17, 15) is 22.4 Å². The summed E-state index contributed by atoms with van der Waals surface area (Å²) in [6.45, 7) is 1.87. The molecule has 1 aliphatic carbocycles. The first kappa shape index (κ1) is 20.5. The van der Waals surface area contributed by atoms with Gasteiger partial charge >= 0.3 is 12.1 Å². The lowest BCUT2D eigenvalue weighted by molar-refractivity contribution is -0.139. The van der Waals surface area contributed by atoms with Gasteiger partial charge < -0.3 is 5.11 Å². The standard InChI is InChI=1S/C20H17F4N3O2S/c1-2-12-16(7-10-3-4-10)27(19-25-15(9-30-19)18(28)29)26-17(12)11-5-6-14(21)13(8-11)20(22,23)24/h5-6,8-10H,2-4,7H2,1H3,(H,28,29). The molecule has 0 aliphatic heterocycles. The first-order valence-corrected chi connectivity index (χ1v) is 10.2. The third-order valence-electron chi connectivity index (χ3n) is 5.06. The first-order valence-electron chi connectivity index (χ1n) is 9.36. The number of carbonyl (C=O) groups is 1. The highest BCUT2D eigenvalue weighted by Gasteiger charge is 2.35. The molecule has 10 heteroatoms. The van der Waals surface area contributed by atoms with E-state index in [1.807, 2.05) is 6.92 Å². The Kier molecular flexibility index (Phi) is 5.13. The predicted octanol–water partition coefficient (Wildman–Crippen LogP) is 5.37. The number of benzene rings is 1. The van der Waals surface area contributed by atoms with Crippen LogP contribution < -0.4 is 0 Å². The highest BCUT2D eigenvalue weighted by atomic mass is 32.1. The van der Waals surface area contributed by atoms with Crippen LogP contribution in [0.5, 0.6) is 0 Å². The van der Waals surface area contributed by atoms with Crippen molar-refractivity contribution >= 4 is 17.3 Å².